The van der Waals surface area contributed by atoms with E-state index in [1.165, 1.54) is 18.5 Å². The van der Waals surface area contributed by atoms with Gasteiger partial charge in [-0.1, -0.05) is 17.3 Å². The zero-order chi connectivity index (χ0) is 24.2. The molecule has 0 aliphatic carbocycles. The Morgan fingerprint density at radius 1 is 1.00 bits per heavy atom. The van der Waals surface area contributed by atoms with Gasteiger partial charge < -0.3 is 19.3 Å². The van der Waals surface area contributed by atoms with E-state index in [2.05, 4.69) is 25.2 Å². The molecule has 0 bridgehead atoms. The fourth-order valence-electron chi connectivity index (χ4n) is 3.95. The number of rotatable bonds is 7. The molecule has 0 radical (unpaired) electrons. The van der Waals surface area contributed by atoms with E-state index in [4.69, 9.17) is 9.47 Å². The van der Waals surface area contributed by atoms with Crippen molar-refractivity contribution >= 4 is 22.9 Å². The molecule has 0 unspecified atom stereocenters. The topological polar surface area (TPSA) is 98.5 Å². The number of para-hydroxylation sites is 1. The Morgan fingerprint density at radius 3 is 2.51 bits per heavy atom. The van der Waals surface area contributed by atoms with Crippen LogP contribution in [0.5, 0.6) is 11.5 Å². The predicted molar refractivity (Wildman–Crippen MR) is 126 cm³/mol. The lowest BCUT2D eigenvalue weighted by atomic mass is 10.3. The van der Waals surface area contributed by atoms with Crippen molar-refractivity contribution in [3.05, 3.63) is 60.7 Å². The van der Waals surface area contributed by atoms with Crippen molar-refractivity contribution in [1.29, 1.82) is 0 Å². The molecule has 2 aromatic heterocycles. The third-order valence-electron chi connectivity index (χ3n) is 5.73. The molecule has 0 spiro atoms. The number of fused-ring (bicyclic) bond motifs is 1. The summed E-state index contributed by atoms with van der Waals surface area (Å²) in [6, 6.07) is 13.6. The molecule has 0 atom stereocenters. The van der Waals surface area contributed by atoms with Crippen LogP contribution >= 0.6 is 0 Å². The molecular weight excluding hydrogens is 453 g/mol. The minimum atomic E-state index is -0.490. The van der Waals surface area contributed by atoms with Crippen LogP contribution in [-0.2, 0) is 4.79 Å². The standard InChI is InChI=1S/C24H24FN7O3/c1-2-34-18-9-7-17(8-10-18)32-24-22(28-29-32)23(26-16-27-24)31-13-11-30(12-14-31)21(33)15-35-20-6-4-3-5-19(20)25/h3-10,16H,2,11-15H2,1H3. The van der Waals surface area contributed by atoms with Gasteiger partial charge in [-0.2, -0.15) is 4.68 Å². The molecule has 10 nitrogen and oxygen atoms in total. The van der Waals surface area contributed by atoms with Crippen LogP contribution in [0.2, 0.25) is 0 Å². The molecule has 0 saturated carbocycles. The zero-order valence-corrected chi connectivity index (χ0v) is 19.2. The molecule has 1 saturated heterocycles. The molecule has 3 heterocycles. The van der Waals surface area contributed by atoms with Gasteiger partial charge in [-0.05, 0) is 43.3 Å². The number of halogens is 1. The number of carbonyl (C=O) groups excluding carboxylic acids is 1. The van der Waals surface area contributed by atoms with Gasteiger partial charge in [0.15, 0.2) is 35.2 Å². The number of nitrogens with zero attached hydrogens (tertiary/aromatic N) is 7. The van der Waals surface area contributed by atoms with Gasteiger partial charge in [0.25, 0.3) is 5.91 Å². The van der Waals surface area contributed by atoms with Crippen LogP contribution in [0.3, 0.4) is 0 Å². The second-order valence-corrected chi connectivity index (χ2v) is 7.88. The van der Waals surface area contributed by atoms with E-state index in [-0.39, 0.29) is 18.3 Å². The molecule has 2 aromatic carbocycles. The molecule has 1 fully saturated rings. The number of hydrogen-bond donors (Lipinski definition) is 0. The fraction of sp³-hybridized carbons (Fsp3) is 0.292. The number of anilines is 1. The van der Waals surface area contributed by atoms with Crippen LogP contribution in [0, 0.1) is 5.82 Å². The largest absolute Gasteiger partial charge is 0.494 e. The predicted octanol–water partition coefficient (Wildman–Crippen LogP) is 2.48. The molecule has 11 heteroatoms. The highest BCUT2D eigenvalue weighted by atomic mass is 19.1. The number of carbonyl (C=O) groups is 1. The number of piperazine rings is 1. The van der Waals surface area contributed by atoms with E-state index < -0.39 is 5.82 Å². The Morgan fingerprint density at radius 2 is 1.77 bits per heavy atom. The third kappa shape index (κ3) is 4.70. The molecule has 0 N–H and O–H groups in total. The molecule has 180 valence electrons. The highest BCUT2D eigenvalue weighted by Crippen LogP contribution is 2.24. The first-order valence-corrected chi connectivity index (χ1v) is 11.3. The zero-order valence-electron chi connectivity index (χ0n) is 19.2. The van der Waals surface area contributed by atoms with Crippen molar-refractivity contribution in [2.45, 2.75) is 6.92 Å². The third-order valence-corrected chi connectivity index (χ3v) is 5.73. The normalized spacial score (nSPS) is 13.8. The fourth-order valence-corrected chi connectivity index (χ4v) is 3.95. The van der Waals surface area contributed by atoms with Crippen LogP contribution in [0.15, 0.2) is 54.9 Å². The number of amides is 1. The summed E-state index contributed by atoms with van der Waals surface area (Å²) in [7, 11) is 0. The van der Waals surface area contributed by atoms with Crippen molar-refractivity contribution in [1.82, 2.24) is 29.9 Å². The van der Waals surface area contributed by atoms with Crippen LogP contribution in [0.25, 0.3) is 16.9 Å². The minimum absolute atomic E-state index is 0.0680. The molecule has 1 aliphatic heterocycles. The smallest absolute Gasteiger partial charge is 0.260 e. The highest BCUT2D eigenvalue weighted by Gasteiger charge is 2.25. The Kier molecular flexibility index (Phi) is 6.38. The summed E-state index contributed by atoms with van der Waals surface area (Å²) >= 11 is 0. The molecule has 4 aromatic rings. The number of ether oxygens (including phenoxy) is 2. The summed E-state index contributed by atoms with van der Waals surface area (Å²) in [6.07, 6.45) is 1.49. The maximum absolute atomic E-state index is 13.7. The van der Waals surface area contributed by atoms with Crippen LogP contribution in [0.4, 0.5) is 10.2 Å². The van der Waals surface area contributed by atoms with Gasteiger partial charge in [-0.25, -0.2) is 14.4 Å². The Hall–Kier alpha value is -4.28. The SMILES string of the molecule is CCOc1ccc(-n2nnc3c(N4CCN(C(=O)COc5ccccc5F)CC4)ncnc32)cc1. The average molecular weight is 478 g/mol. The van der Waals surface area contributed by atoms with Crippen molar-refractivity contribution in [2.24, 2.45) is 0 Å². The quantitative estimate of drug-likeness (QED) is 0.400. The van der Waals surface area contributed by atoms with E-state index >= 15 is 0 Å². The number of aromatic nitrogens is 5. The van der Waals surface area contributed by atoms with Crippen molar-refractivity contribution in [3.63, 3.8) is 0 Å². The molecular formula is C24H24FN7O3. The summed E-state index contributed by atoms with van der Waals surface area (Å²) in [5.41, 5.74) is 1.99. The van der Waals surface area contributed by atoms with Gasteiger partial charge in [-0.15, -0.1) is 5.10 Å². The maximum atomic E-state index is 13.7. The van der Waals surface area contributed by atoms with E-state index in [9.17, 15) is 9.18 Å². The molecule has 1 aliphatic rings. The van der Waals surface area contributed by atoms with Gasteiger partial charge >= 0.3 is 0 Å². The van der Waals surface area contributed by atoms with E-state index in [0.717, 1.165) is 11.4 Å². The van der Waals surface area contributed by atoms with Crippen LogP contribution in [-0.4, -0.2) is 75.2 Å². The van der Waals surface area contributed by atoms with Crippen molar-refractivity contribution in [2.75, 3.05) is 44.3 Å². The Labute approximate surface area is 200 Å². The highest BCUT2D eigenvalue weighted by molar-refractivity contribution is 5.84. The lowest BCUT2D eigenvalue weighted by Gasteiger charge is -2.35. The summed E-state index contributed by atoms with van der Waals surface area (Å²) in [5, 5.41) is 8.62. The first-order valence-electron chi connectivity index (χ1n) is 11.3. The van der Waals surface area contributed by atoms with Gasteiger partial charge in [0.2, 0.25) is 0 Å². The van der Waals surface area contributed by atoms with Crippen LogP contribution < -0.4 is 14.4 Å². The number of hydrogen-bond acceptors (Lipinski definition) is 8. The summed E-state index contributed by atoms with van der Waals surface area (Å²) in [6.45, 7) is 4.41. The molecule has 35 heavy (non-hydrogen) atoms. The van der Waals surface area contributed by atoms with Gasteiger partial charge in [0.1, 0.15) is 12.1 Å². The molecule has 5 rings (SSSR count). The van der Waals surface area contributed by atoms with Gasteiger partial charge in [0.05, 0.1) is 12.3 Å². The summed E-state index contributed by atoms with van der Waals surface area (Å²) < 4.78 is 26.2. The van der Waals surface area contributed by atoms with Crippen LogP contribution in [0.1, 0.15) is 6.92 Å². The average Bonchev–Trinajstić information content (AvgIpc) is 3.33. The van der Waals surface area contributed by atoms with Gasteiger partial charge in [-0.3, -0.25) is 4.79 Å². The Balaban J connectivity index is 1.25. The first kappa shape index (κ1) is 22.5. The Bertz CT molecular complexity index is 1320. The lowest BCUT2D eigenvalue weighted by molar-refractivity contribution is -0.133. The molecule has 1 amide bonds. The van der Waals surface area contributed by atoms with Gasteiger partial charge in [0, 0.05) is 26.2 Å². The van der Waals surface area contributed by atoms with E-state index in [1.807, 2.05) is 31.2 Å². The summed E-state index contributed by atoms with van der Waals surface area (Å²) in [5.74, 6) is 0.835. The first-order chi connectivity index (χ1) is 17.1. The second kappa shape index (κ2) is 9.92. The number of benzene rings is 2. The maximum Gasteiger partial charge on any atom is 0.260 e. The summed E-state index contributed by atoms with van der Waals surface area (Å²) in [4.78, 5) is 25.2. The van der Waals surface area contributed by atoms with Crippen molar-refractivity contribution < 1.29 is 18.7 Å². The second-order valence-electron chi connectivity index (χ2n) is 7.88. The minimum Gasteiger partial charge on any atom is -0.494 e. The lowest BCUT2D eigenvalue weighted by Crippen LogP contribution is -2.50. The van der Waals surface area contributed by atoms with E-state index in [0.29, 0.717) is 49.8 Å². The van der Waals surface area contributed by atoms with E-state index in [1.54, 1.807) is 21.7 Å². The van der Waals surface area contributed by atoms with Crippen molar-refractivity contribution in [3.8, 4) is 17.2 Å². The monoisotopic (exact) mass is 477 g/mol.